The molecule has 1 aliphatic heterocycles. The van der Waals surface area contributed by atoms with Gasteiger partial charge in [0.05, 0.1) is 31.0 Å². The second-order valence-corrected chi connectivity index (χ2v) is 6.96. The minimum Gasteiger partial charge on any atom is -0.481 e. The number of nitrogens with zero attached hydrogens (tertiary/aromatic N) is 1. The van der Waals surface area contributed by atoms with Crippen LogP contribution in [0.2, 0.25) is 0 Å². The van der Waals surface area contributed by atoms with Crippen molar-refractivity contribution in [3.05, 3.63) is 83.6 Å². The molecular weight excluding hydrogens is 366 g/mol. The molecule has 0 bridgehead atoms. The Bertz CT molecular complexity index is 1050. The second-order valence-electron chi connectivity index (χ2n) is 6.96. The topological polar surface area (TPSA) is 80.3 Å². The van der Waals surface area contributed by atoms with Crippen molar-refractivity contribution in [2.45, 2.75) is 18.9 Å². The van der Waals surface area contributed by atoms with Crippen molar-refractivity contribution in [2.24, 2.45) is 0 Å². The molecule has 2 N–H and O–H groups in total. The number of hydrogen-bond acceptors (Lipinski definition) is 5. The molecule has 2 aromatic carbocycles. The molecule has 2 atom stereocenters. The molecule has 0 saturated heterocycles. The first-order valence-electron chi connectivity index (χ1n) is 9.34. The molecule has 6 nitrogen and oxygen atoms in total. The summed E-state index contributed by atoms with van der Waals surface area (Å²) < 4.78 is 5.02. The third-order valence-electron chi connectivity index (χ3n) is 5.14. The van der Waals surface area contributed by atoms with Gasteiger partial charge in [-0.05, 0) is 29.7 Å². The highest BCUT2D eigenvalue weighted by Gasteiger charge is 2.41. The molecule has 2 heterocycles. The molecule has 0 aliphatic carbocycles. The number of para-hydroxylation sites is 1. The predicted molar refractivity (Wildman–Crippen MR) is 111 cm³/mol. The monoisotopic (exact) mass is 387 g/mol. The van der Waals surface area contributed by atoms with Gasteiger partial charge in [0.2, 0.25) is 11.7 Å². The number of benzene rings is 2. The zero-order chi connectivity index (χ0) is 20.4. The van der Waals surface area contributed by atoms with E-state index >= 15 is 0 Å². The Balaban J connectivity index is 1.64. The first-order valence-corrected chi connectivity index (χ1v) is 9.34. The Morgan fingerprint density at radius 2 is 1.83 bits per heavy atom. The van der Waals surface area contributed by atoms with Crippen LogP contribution in [0.3, 0.4) is 0 Å². The molecule has 1 aliphatic rings. The molecular formula is C23H21N3O3. The van der Waals surface area contributed by atoms with Crippen molar-refractivity contribution in [2.75, 3.05) is 17.7 Å². The van der Waals surface area contributed by atoms with E-state index in [-0.39, 0.29) is 6.04 Å². The van der Waals surface area contributed by atoms with E-state index in [1.807, 2.05) is 55.5 Å². The standard InChI is InChI=1S/C23H21N3O3/c1-14-7-6-10-17-19(21(26-20(14)17)15-8-4-3-5-9-15)22(27)23(28)25-16-11-12-18(29-2)24-13-16/h3-13,19,21,26H,1-2H3,(H,25,28). The van der Waals surface area contributed by atoms with Crippen LogP contribution >= 0.6 is 0 Å². The Morgan fingerprint density at radius 1 is 1.03 bits per heavy atom. The van der Waals surface area contributed by atoms with Crippen LogP contribution in [0.1, 0.15) is 28.7 Å². The smallest absolute Gasteiger partial charge is 0.292 e. The third kappa shape index (κ3) is 3.57. The van der Waals surface area contributed by atoms with Crippen LogP contribution in [0.25, 0.3) is 0 Å². The fourth-order valence-electron chi connectivity index (χ4n) is 3.70. The molecule has 4 rings (SSSR count). The van der Waals surface area contributed by atoms with E-state index in [2.05, 4.69) is 15.6 Å². The highest BCUT2D eigenvalue weighted by Crippen LogP contribution is 2.46. The van der Waals surface area contributed by atoms with Crippen LogP contribution in [0.5, 0.6) is 5.88 Å². The fourth-order valence-corrected chi connectivity index (χ4v) is 3.70. The average molecular weight is 387 g/mol. The number of aromatic nitrogens is 1. The molecule has 29 heavy (non-hydrogen) atoms. The van der Waals surface area contributed by atoms with Crippen molar-refractivity contribution in [3.8, 4) is 5.88 Å². The summed E-state index contributed by atoms with van der Waals surface area (Å²) in [5.41, 5.74) is 4.19. The third-order valence-corrected chi connectivity index (χ3v) is 5.14. The first kappa shape index (κ1) is 18.7. The number of carbonyl (C=O) groups is 2. The number of rotatable bonds is 5. The van der Waals surface area contributed by atoms with Gasteiger partial charge in [-0.3, -0.25) is 9.59 Å². The van der Waals surface area contributed by atoms with Crippen LogP contribution in [-0.4, -0.2) is 23.8 Å². The van der Waals surface area contributed by atoms with Gasteiger partial charge in [0, 0.05) is 11.8 Å². The van der Waals surface area contributed by atoms with E-state index < -0.39 is 17.6 Å². The number of ketones is 1. The molecule has 0 radical (unpaired) electrons. The van der Waals surface area contributed by atoms with Gasteiger partial charge in [0.1, 0.15) is 0 Å². The number of Topliss-reactive ketones (excluding diaryl/α,β-unsaturated/α-hetero) is 1. The molecule has 1 amide bonds. The van der Waals surface area contributed by atoms with Crippen LogP contribution in [-0.2, 0) is 9.59 Å². The average Bonchev–Trinajstić information content (AvgIpc) is 3.15. The number of aryl methyl sites for hydroxylation is 1. The van der Waals surface area contributed by atoms with E-state index in [0.29, 0.717) is 11.6 Å². The summed E-state index contributed by atoms with van der Waals surface area (Å²) in [4.78, 5) is 30.1. The number of amides is 1. The summed E-state index contributed by atoms with van der Waals surface area (Å²) in [6.07, 6.45) is 1.46. The Kier molecular flexibility index (Phi) is 4.99. The minimum atomic E-state index is -0.668. The van der Waals surface area contributed by atoms with Crippen LogP contribution < -0.4 is 15.4 Å². The maximum absolute atomic E-state index is 13.2. The van der Waals surface area contributed by atoms with E-state index in [1.54, 1.807) is 12.1 Å². The van der Waals surface area contributed by atoms with Crippen molar-refractivity contribution >= 4 is 23.1 Å². The van der Waals surface area contributed by atoms with Gasteiger partial charge in [0.15, 0.2) is 0 Å². The Hall–Kier alpha value is -3.67. The number of fused-ring (bicyclic) bond motifs is 1. The predicted octanol–water partition coefficient (Wildman–Crippen LogP) is 3.86. The van der Waals surface area contributed by atoms with Crippen molar-refractivity contribution in [1.29, 1.82) is 0 Å². The summed E-state index contributed by atoms with van der Waals surface area (Å²) in [6.45, 7) is 1.99. The number of ether oxygens (including phenoxy) is 1. The maximum Gasteiger partial charge on any atom is 0.292 e. The zero-order valence-corrected chi connectivity index (χ0v) is 16.2. The maximum atomic E-state index is 13.2. The minimum absolute atomic E-state index is 0.306. The number of carbonyl (C=O) groups excluding carboxylic acids is 2. The van der Waals surface area contributed by atoms with Crippen LogP contribution in [0.4, 0.5) is 11.4 Å². The van der Waals surface area contributed by atoms with Gasteiger partial charge in [-0.25, -0.2) is 4.98 Å². The van der Waals surface area contributed by atoms with Gasteiger partial charge in [-0.2, -0.15) is 0 Å². The highest BCUT2D eigenvalue weighted by atomic mass is 16.5. The van der Waals surface area contributed by atoms with Crippen molar-refractivity contribution in [1.82, 2.24) is 4.98 Å². The summed E-state index contributed by atoms with van der Waals surface area (Å²) in [5, 5.41) is 6.11. The summed E-state index contributed by atoms with van der Waals surface area (Å²) in [7, 11) is 1.51. The SMILES string of the molecule is COc1ccc(NC(=O)C(=O)C2c3cccc(C)c3NC2c2ccccc2)cn1. The lowest BCUT2D eigenvalue weighted by molar-refractivity contribution is -0.135. The van der Waals surface area contributed by atoms with E-state index in [4.69, 9.17) is 4.74 Å². The lowest BCUT2D eigenvalue weighted by Gasteiger charge is -2.19. The lowest BCUT2D eigenvalue weighted by Crippen LogP contribution is -2.31. The van der Waals surface area contributed by atoms with Crippen LogP contribution in [0.15, 0.2) is 66.9 Å². The largest absolute Gasteiger partial charge is 0.481 e. The normalized spacial score (nSPS) is 17.2. The summed E-state index contributed by atoms with van der Waals surface area (Å²) in [6, 6.07) is 18.5. The second kappa shape index (κ2) is 7.75. The van der Waals surface area contributed by atoms with Gasteiger partial charge in [-0.1, -0.05) is 48.5 Å². The van der Waals surface area contributed by atoms with Gasteiger partial charge >= 0.3 is 0 Å². The van der Waals surface area contributed by atoms with Crippen molar-refractivity contribution < 1.29 is 14.3 Å². The first-order chi connectivity index (χ1) is 14.1. The van der Waals surface area contributed by atoms with Crippen LogP contribution in [0, 0.1) is 6.92 Å². The highest BCUT2D eigenvalue weighted by molar-refractivity contribution is 6.43. The molecule has 146 valence electrons. The molecule has 2 unspecified atom stereocenters. The fraction of sp³-hybridized carbons (Fsp3) is 0.174. The molecule has 0 saturated carbocycles. The summed E-state index contributed by atoms with van der Waals surface area (Å²) in [5.74, 6) is -1.34. The van der Waals surface area contributed by atoms with Gasteiger partial charge in [-0.15, -0.1) is 0 Å². The number of pyridine rings is 1. The van der Waals surface area contributed by atoms with Gasteiger partial charge in [0.25, 0.3) is 5.91 Å². The summed E-state index contributed by atoms with van der Waals surface area (Å²) >= 11 is 0. The lowest BCUT2D eigenvalue weighted by atomic mass is 9.86. The number of hydrogen-bond donors (Lipinski definition) is 2. The zero-order valence-electron chi connectivity index (χ0n) is 16.2. The Labute approximate surface area is 168 Å². The van der Waals surface area contributed by atoms with Gasteiger partial charge < -0.3 is 15.4 Å². The van der Waals surface area contributed by atoms with E-state index in [1.165, 1.54) is 13.3 Å². The number of anilines is 2. The quantitative estimate of drug-likeness (QED) is 0.650. The van der Waals surface area contributed by atoms with E-state index in [9.17, 15) is 9.59 Å². The molecule has 3 aromatic rings. The molecule has 0 spiro atoms. The van der Waals surface area contributed by atoms with Crippen molar-refractivity contribution in [3.63, 3.8) is 0 Å². The number of nitrogens with one attached hydrogen (secondary N) is 2. The van der Waals surface area contributed by atoms with E-state index in [0.717, 1.165) is 22.4 Å². The molecule has 0 fully saturated rings. The Morgan fingerprint density at radius 3 is 2.52 bits per heavy atom. The molecule has 6 heteroatoms. The number of methoxy groups -OCH3 is 1. The molecule has 1 aromatic heterocycles.